The van der Waals surface area contributed by atoms with E-state index >= 15 is 0 Å². The van der Waals surface area contributed by atoms with Crippen molar-refractivity contribution >= 4 is 34.1 Å². The Morgan fingerprint density at radius 1 is 1.00 bits per heavy atom. The van der Waals surface area contributed by atoms with Gasteiger partial charge in [0.15, 0.2) is 11.2 Å². The van der Waals surface area contributed by atoms with E-state index in [0.29, 0.717) is 10.9 Å². The van der Waals surface area contributed by atoms with Crippen molar-refractivity contribution in [2.45, 2.75) is 25.8 Å². The highest BCUT2D eigenvalue weighted by Crippen LogP contribution is 2.25. The van der Waals surface area contributed by atoms with E-state index < -0.39 is 29.4 Å². The minimum absolute atomic E-state index is 0.247. The van der Waals surface area contributed by atoms with E-state index in [1.807, 2.05) is 12.1 Å². The van der Waals surface area contributed by atoms with Gasteiger partial charge in [-0.3, -0.25) is 14.4 Å². The lowest BCUT2D eigenvalue weighted by atomic mass is 10.0. The number of carbonyl (C=O) groups excluding carboxylic acids is 2. The molecule has 1 aliphatic heterocycles. The monoisotopic (exact) mass is 436 g/mol. The van der Waals surface area contributed by atoms with Crippen molar-refractivity contribution in [1.82, 2.24) is 4.57 Å². The number of aliphatic carboxylic acids is 1. The van der Waals surface area contributed by atoms with Crippen LogP contribution in [-0.2, 0) is 16.1 Å². The third kappa shape index (κ3) is 4.30. The van der Waals surface area contributed by atoms with Gasteiger partial charge in [-0.2, -0.15) is 0 Å². The molecule has 0 atom stereocenters. The third-order valence-corrected chi connectivity index (χ3v) is 5.66. The topological polar surface area (TPSA) is 96.7 Å². The first kappa shape index (κ1) is 21.4. The molecular weight excluding hydrogens is 415 g/mol. The number of anilines is 1. The molecule has 4 rings (SSSR count). The first-order chi connectivity index (χ1) is 15.3. The van der Waals surface area contributed by atoms with Gasteiger partial charge >= 0.3 is 5.97 Å². The van der Waals surface area contributed by atoms with E-state index in [-0.39, 0.29) is 17.9 Å². The Balaban J connectivity index is 1.83. The zero-order valence-corrected chi connectivity index (χ0v) is 17.2. The highest BCUT2D eigenvalue weighted by Gasteiger charge is 2.22. The van der Waals surface area contributed by atoms with E-state index in [0.717, 1.165) is 37.2 Å². The van der Waals surface area contributed by atoms with Crippen LogP contribution in [0.15, 0.2) is 53.5 Å². The number of rotatable bonds is 7. The Bertz CT molecular complexity index is 1270. The van der Waals surface area contributed by atoms with Gasteiger partial charge in [0.2, 0.25) is 5.78 Å². The summed E-state index contributed by atoms with van der Waals surface area (Å²) in [7, 11) is 0. The molecule has 1 aliphatic rings. The predicted molar refractivity (Wildman–Crippen MR) is 117 cm³/mol. The number of aromatic nitrogens is 1. The molecule has 0 saturated carbocycles. The van der Waals surface area contributed by atoms with Gasteiger partial charge in [0.05, 0.1) is 17.5 Å². The van der Waals surface area contributed by atoms with Gasteiger partial charge in [-0.1, -0.05) is 12.1 Å². The van der Waals surface area contributed by atoms with Crippen LogP contribution >= 0.6 is 0 Å². The maximum absolute atomic E-state index is 13.3. The number of hydrogen-bond donors (Lipinski definition) is 1. The maximum atomic E-state index is 13.3. The standard InChI is InChI=1S/C24H21FN2O5/c25-16-5-3-15(4-6-16)13-27-14-19(21(28)12-22(29)24(31)32)23(30)18-8-7-17(11-20(18)27)26-9-1-2-10-26/h3-8,11,14H,1-2,9-10,12-13H2,(H,31,32). The van der Waals surface area contributed by atoms with Crippen molar-refractivity contribution in [3.8, 4) is 0 Å². The summed E-state index contributed by atoms with van der Waals surface area (Å²) in [6.07, 6.45) is 2.65. The lowest BCUT2D eigenvalue weighted by Crippen LogP contribution is -2.24. The van der Waals surface area contributed by atoms with Gasteiger partial charge in [-0.05, 0) is 48.7 Å². The molecule has 2 aromatic carbocycles. The van der Waals surface area contributed by atoms with E-state index in [1.165, 1.54) is 18.3 Å². The van der Waals surface area contributed by atoms with Crippen LogP contribution in [0.2, 0.25) is 0 Å². The largest absolute Gasteiger partial charge is 0.475 e. The van der Waals surface area contributed by atoms with Gasteiger partial charge in [0.25, 0.3) is 0 Å². The van der Waals surface area contributed by atoms with Crippen LogP contribution in [0.1, 0.15) is 35.2 Å². The maximum Gasteiger partial charge on any atom is 0.372 e. The summed E-state index contributed by atoms with van der Waals surface area (Å²) in [6.45, 7) is 2.09. The van der Waals surface area contributed by atoms with Crippen LogP contribution in [0.3, 0.4) is 0 Å². The smallest absolute Gasteiger partial charge is 0.372 e. The number of pyridine rings is 1. The molecule has 1 fully saturated rings. The molecule has 2 heterocycles. The number of halogens is 1. The number of carboxylic acid groups (broad SMARTS) is 1. The fourth-order valence-electron chi connectivity index (χ4n) is 3.98. The molecular formula is C24H21FN2O5. The first-order valence-corrected chi connectivity index (χ1v) is 10.3. The molecule has 0 bridgehead atoms. The molecule has 8 heteroatoms. The van der Waals surface area contributed by atoms with Crippen molar-refractivity contribution < 1.29 is 23.9 Å². The number of hydrogen-bond acceptors (Lipinski definition) is 5. The molecule has 1 saturated heterocycles. The van der Waals surface area contributed by atoms with Gasteiger partial charge < -0.3 is 14.6 Å². The summed E-state index contributed by atoms with van der Waals surface area (Å²) in [5, 5.41) is 9.10. The van der Waals surface area contributed by atoms with Crippen molar-refractivity contribution in [1.29, 1.82) is 0 Å². The summed E-state index contributed by atoms with van der Waals surface area (Å²) >= 11 is 0. The molecule has 0 spiro atoms. The fourth-order valence-corrected chi connectivity index (χ4v) is 3.98. The van der Waals surface area contributed by atoms with Crippen LogP contribution in [0.4, 0.5) is 10.1 Å². The third-order valence-electron chi connectivity index (χ3n) is 5.66. The van der Waals surface area contributed by atoms with E-state index in [4.69, 9.17) is 5.11 Å². The van der Waals surface area contributed by atoms with Crippen molar-refractivity contribution in [3.63, 3.8) is 0 Å². The molecule has 0 unspecified atom stereocenters. The highest BCUT2D eigenvalue weighted by atomic mass is 19.1. The Kier molecular flexibility index (Phi) is 5.85. The summed E-state index contributed by atoms with van der Waals surface area (Å²) in [5.74, 6) is -4.22. The second kappa shape index (κ2) is 8.74. The average Bonchev–Trinajstić information content (AvgIpc) is 3.31. The number of carboxylic acids is 1. The lowest BCUT2D eigenvalue weighted by molar-refractivity contribution is -0.148. The fraction of sp³-hybridized carbons (Fsp3) is 0.250. The number of benzene rings is 2. The van der Waals surface area contributed by atoms with Crippen molar-refractivity contribution in [2.75, 3.05) is 18.0 Å². The van der Waals surface area contributed by atoms with Crippen LogP contribution in [0, 0.1) is 5.82 Å². The zero-order chi connectivity index (χ0) is 22.8. The van der Waals surface area contributed by atoms with Gasteiger partial charge in [0.1, 0.15) is 5.82 Å². The van der Waals surface area contributed by atoms with E-state index in [1.54, 1.807) is 22.8 Å². The van der Waals surface area contributed by atoms with E-state index in [2.05, 4.69) is 4.90 Å². The predicted octanol–water partition coefficient (Wildman–Crippen LogP) is 3.02. The second-order valence-electron chi connectivity index (χ2n) is 7.85. The number of Topliss-reactive ketones (excluding diaryl/α,β-unsaturated/α-hetero) is 2. The highest BCUT2D eigenvalue weighted by molar-refractivity contribution is 6.37. The number of ketones is 2. The van der Waals surface area contributed by atoms with Gasteiger partial charge in [0, 0.05) is 36.9 Å². The second-order valence-corrected chi connectivity index (χ2v) is 7.85. The molecule has 1 N–H and O–H groups in total. The molecule has 1 aromatic heterocycles. The summed E-state index contributed by atoms with van der Waals surface area (Å²) in [5.41, 5.74) is 1.52. The summed E-state index contributed by atoms with van der Waals surface area (Å²) in [4.78, 5) is 50.2. The van der Waals surface area contributed by atoms with Crippen LogP contribution in [0.25, 0.3) is 10.9 Å². The average molecular weight is 436 g/mol. The molecule has 0 aliphatic carbocycles. The molecule has 0 amide bonds. The van der Waals surface area contributed by atoms with Crippen LogP contribution in [-0.4, -0.2) is 40.3 Å². The summed E-state index contributed by atoms with van der Waals surface area (Å²) < 4.78 is 15.0. The minimum atomic E-state index is -1.72. The number of nitrogens with zero attached hydrogens (tertiary/aromatic N) is 2. The Morgan fingerprint density at radius 2 is 1.69 bits per heavy atom. The Labute approximate surface area is 182 Å². The normalized spacial score (nSPS) is 13.5. The number of carbonyl (C=O) groups is 3. The minimum Gasteiger partial charge on any atom is -0.475 e. The van der Waals surface area contributed by atoms with Crippen molar-refractivity contribution in [3.05, 3.63) is 75.8 Å². The quantitative estimate of drug-likeness (QED) is 0.347. The van der Waals surface area contributed by atoms with E-state index in [9.17, 15) is 23.6 Å². The molecule has 7 nitrogen and oxygen atoms in total. The molecule has 32 heavy (non-hydrogen) atoms. The summed E-state index contributed by atoms with van der Waals surface area (Å²) in [6, 6.07) is 11.2. The van der Waals surface area contributed by atoms with Crippen LogP contribution < -0.4 is 10.3 Å². The number of fused-ring (bicyclic) bond motifs is 1. The van der Waals surface area contributed by atoms with Gasteiger partial charge in [-0.15, -0.1) is 0 Å². The molecule has 3 aromatic rings. The lowest BCUT2D eigenvalue weighted by Gasteiger charge is -2.20. The Hall–Kier alpha value is -3.81. The van der Waals surface area contributed by atoms with Crippen molar-refractivity contribution in [2.24, 2.45) is 0 Å². The van der Waals surface area contributed by atoms with Gasteiger partial charge in [-0.25, -0.2) is 9.18 Å². The molecule has 164 valence electrons. The zero-order valence-electron chi connectivity index (χ0n) is 17.2. The Morgan fingerprint density at radius 3 is 2.34 bits per heavy atom. The van der Waals surface area contributed by atoms with Crippen LogP contribution in [0.5, 0.6) is 0 Å². The SMILES string of the molecule is O=C(O)C(=O)CC(=O)c1cn(Cc2ccc(F)cc2)c2cc(N3CCCC3)ccc2c1=O. The molecule has 0 radical (unpaired) electrons. The first-order valence-electron chi connectivity index (χ1n) is 10.3.